The van der Waals surface area contributed by atoms with Crippen molar-refractivity contribution in [2.45, 2.75) is 19.0 Å². The van der Waals surface area contributed by atoms with Gasteiger partial charge in [-0.1, -0.05) is 0 Å². The van der Waals surface area contributed by atoms with Gasteiger partial charge >= 0.3 is 0 Å². The van der Waals surface area contributed by atoms with Crippen LogP contribution in [0.4, 0.5) is 0 Å². The van der Waals surface area contributed by atoms with Crippen LogP contribution in [0.1, 0.15) is 22.2 Å². The Morgan fingerprint density at radius 3 is 2.46 bits per heavy atom. The van der Waals surface area contributed by atoms with Crippen molar-refractivity contribution in [1.29, 1.82) is 0 Å². The second kappa shape index (κ2) is 8.28. The van der Waals surface area contributed by atoms with E-state index in [1.54, 1.807) is 36.9 Å². The molecule has 126 valence electrons. The van der Waals surface area contributed by atoms with E-state index >= 15 is 0 Å². The Kier molecular flexibility index (Phi) is 5.85. The number of thiazole rings is 1. The molecule has 1 atom stereocenters. The van der Waals surface area contributed by atoms with Crippen LogP contribution < -0.4 is 14.8 Å². The molecule has 0 aliphatic heterocycles. The number of rotatable bonds is 8. The van der Waals surface area contributed by atoms with Gasteiger partial charge in [0, 0.05) is 24.2 Å². The highest BCUT2D eigenvalue weighted by Crippen LogP contribution is 2.25. The lowest BCUT2D eigenvalue weighted by Crippen LogP contribution is -2.22. The molecule has 0 radical (unpaired) electrons. The second-order valence-corrected chi connectivity index (χ2v) is 7.07. The van der Waals surface area contributed by atoms with Gasteiger partial charge in [0.1, 0.15) is 16.5 Å². The maximum absolute atomic E-state index is 5.34. The summed E-state index contributed by atoms with van der Waals surface area (Å²) in [4.78, 5) is 4.49. The van der Waals surface area contributed by atoms with Crippen molar-refractivity contribution >= 4 is 22.7 Å². The van der Waals surface area contributed by atoms with E-state index in [2.05, 4.69) is 27.1 Å². The molecule has 3 rings (SSSR count). The Morgan fingerprint density at radius 1 is 1.08 bits per heavy atom. The molecule has 1 aromatic carbocycles. The highest BCUT2D eigenvalue weighted by atomic mass is 32.1. The van der Waals surface area contributed by atoms with Crippen LogP contribution in [0.15, 0.2) is 46.6 Å². The SMILES string of the molecule is COc1cc(CN[C@@H](Cc2ccsc2)c2nccs2)cc(OC)c1. The van der Waals surface area contributed by atoms with Crippen LogP contribution in [-0.2, 0) is 13.0 Å². The minimum Gasteiger partial charge on any atom is -0.497 e. The van der Waals surface area contributed by atoms with Crippen molar-refractivity contribution in [3.8, 4) is 11.5 Å². The predicted molar refractivity (Wildman–Crippen MR) is 99.3 cm³/mol. The first kappa shape index (κ1) is 17.0. The average Bonchev–Trinajstić information content (AvgIpc) is 3.31. The molecular formula is C18H20N2O2S2. The number of aromatic nitrogens is 1. The van der Waals surface area contributed by atoms with Gasteiger partial charge in [-0.05, 0) is 46.5 Å². The summed E-state index contributed by atoms with van der Waals surface area (Å²) in [6.07, 6.45) is 2.79. The molecule has 0 bridgehead atoms. The summed E-state index contributed by atoms with van der Waals surface area (Å²) in [7, 11) is 3.34. The number of thiophene rings is 1. The molecular weight excluding hydrogens is 340 g/mol. The molecule has 0 spiro atoms. The number of hydrogen-bond acceptors (Lipinski definition) is 6. The summed E-state index contributed by atoms with van der Waals surface area (Å²) in [5.74, 6) is 1.60. The second-order valence-electron chi connectivity index (χ2n) is 5.36. The Morgan fingerprint density at radius 2 is 1.88 bits per heavy atom. The molecule has 0 aliphatic rings. The Balaban J connectivity index is 1.73. The lowest BCUT2D eigenvalue weighted by atomic mass is 10.1. The van der Waals surface area contributed by atoms with Crippen LogP contribution in [0.2, 0.25) is 0 Å². The minimum atomic E-state index is 0.191. The summed E-state index contributed by atoms with van der Waals surface area (Å²) in [5, 5.41) is 11.1. The van der Waals surface area contributed by atoms with Gasteiger partial charge in [0.2, 0.25) is 0 Å². The molecule has 0 saturated heterocycles. The van der Waals surface area contributed by atoms with Gasteiger partial charge in [0.25, 0.3) is 0 Å². The molecule has 1 N–H and O–H groups in total. The van der Waals surface area contributed by atoms with Gasteiger partial charge in [-0.3, -0.25) is 0 Å². The fourth-order valence-electron chi connectivity index (χ4n) is 2.51. The Labute approximate surface area is 150 Å². The third kappa shape index (κ3) is 4.35. The quantitative estimate of drug-likeness (QED) is 0.651. The van der Waals surface area contributed by atoms with Gasteiger partial charge in [-0.2, -0.15) is 11.3 Å². The van der Waals surface area contributed by atoms with Crippen LogP contribution in [-0.4, -0.2) is 19.2 Å². The topological polar surface area (TPSA) is 43.4 Å². The lowest BCUT2D eigenvalue weighted by Gasteiger charge is -2.17. The van der Waals surface area contributed by atoms with Crippen LogP contribution >= 0.6 is 22.7 Å². The Bertz CT molecular complexity index is 720. The monoisotopic (exact) mass is 360 g/mol. The van der Waals surface area contributed by atoms with Gasteiger partial charge in [0.15, 0.2) is 0 Å². The lowest BCUT2D eigenvalue weighted by molar-refractivity contribution is 0.392. The van der Waals surface area contributed by atoms with Crippen molar-refractivity contribution in [3.63, 3.8) is 0 Å². The first-order valence-electron chi connectivity index (χ1n) is 7.64. The van der Waals surface area contributed by atoms with Crippen molar-refractivity contribution < 1.29 is 9.47 Å². The molecule has 0 fully saturated rings. The largest absolute Gasteiger partial charge is 0.497 e. The van der Waals surface area contributed by atoms with E-state index < -0.39 is 0 Å². The number of nitrogens with zero attached hydrogens (tertiary/aromatic N) is 1. The number of benzene rings is 1. The van der Waals surface area contributed by atoms with Crippen LogP contribution in [0.25, 0.3) is 0 Å². The smallest absolute Gasteiger partial charge is 0.122 e. The number of methoxy groups -OCH3 is 2. The number of ether oxygens (including phenoxy) is 2. The molecule has 6 heteroatoms. The normalized spacial score (nSPS) is 12.1. The fourth-order valence-corrected chi connectivity index (χ4v) is 3.90. The van der Waals surface area contributed by atoms with Crippen molar-refractivity contribution in [3.05, 3.63) is 62.7 Å². The predicted octanol–water partition coefficient (Wildman–Crippen LogP) is 4.30. The molecule has 4 nitrogen and oxygen atoms in total. The molecule has 24 heavy (non-hydrogen) atoms. The zero-order valence-corrected chi connectivity index (χ0v) is 15.3. The first-order chi connectivity index (χ1) is 11.8. The van der Waals surface area contributed by atoms with E-state index in [0.29, 0.717) is 0 Å². The van der Waals surface area contributed by atoms with Crippen molar-refractivity contribution in [2.24, 2.45) is 0 Å². The molecule has 0 amide bonds. The van der Waals surface area contributed by atoms with E-state index in [1.165, 1.54) is 5.56 Å². The number of nitrogens with one attached hydrogen (secondary N) is 1. The fraction of sp³-hybridized carbons (Fsp3) is 0.278. The maximum Gasteiger partial charge on any atom is 0.122 e. The molecule has 3 aromatic rings. The van der Waals surface area contributed by atoms with Gasteiger partial charge in [0.05, 0.1) is 20.3 Å². The summed E-state index contributed by atoms with van der Waals surface area (Å²) >= 11 is 3.41. The minimum absolute atomic E-state index is 0.191. The average molecular weight is 361 g/mol. The standard InChI is InChI=1S/C18H20N2O2S2/c1-21-15-7-14(8-16(10-15)22-2)11-20-17(18-19-4-6-24-18)9-13-3-5-23-12-13/h3-8,10,12,17,20H,9,11H2,1-2H3/t17-/m0/s1. The summed E-state index contributed by atoms with van der Waals surface area (Å²) < 4.78 is 10.7. The highest BCUT2D eigenvalue weighted by Gasteiger charge is 2.15. The van der Waals surface area contributed by atoms with E-state index in [0.717, 1.165) is 35.0 Å². The van der Waals surface area contributed by atoms with E-state index in [9.17, 15) is 0 Å². The van der Waals surface area contributed by atoms with E-state index in [-0.39, 0.29) is 6.04 Å². The highest BCUT2D eigenvalue weighted by molar-refractivity contribution is 7.09. The molecule has 0 aliphatic carbocycles. The van der Waals surface area contributed by atoms with E-state index in [4.69, 9.17) is 9.47 Å². The third-order valence-corrected chi connectivity index (χ3v) is 5.35. The Hall–Kier alpha value is -1.89. The molecule has 0 unspecified atom stereocenters. The van der Waals surface area contributed by atoms with Crippen LogP contribution in [0.3, 0.4) is 0 Å². The zero-order chi connectivity index (χ0) is 16.8. The van der Waals surface area contributed by atoms with Crippen LogP contribution in [0.5, 0.6) is 11.5 Å². The van der Waals surface area contributed by atoms with Crippen LogP contribution in [0, 0.1) is 0 Å². The number of hydrogen-bond donors (Lipinski definition) is 1. The molecule has 0 saturated carbocycles. The summed E-state index contributed by atoms with van der Waals surface area (Å²) in [6, 6.07) is 8.30. The first-order valence-corrected chi connectivity index (χ1v) is 9.46. The molecule has 2 heterocycles. The maximum atomic E-state index is 5.34. The summed E-state index contributed by atoms with van der Waals surface area (Å²) in [5.41, 5.74) is 2.45. The molecule has 2 aromatic heterocycles. The third-order valence-electron chi connectivity index (χ3n) is 3.73. The zero-order valence-electron chi connectivity index (χ0n) is 13.7. The van der Waals surface area contributed by atoms with E-state index in [1.807, 2.05) is 29.8 Å². The van der Waals surface area contributed by atoms with Gasteiger partial charge in [-0.25, -0.2) is 4.98 Å². The van der Waals surface area contributed by atoms with Gasteiger partial charge < -0.3 is 14.8 Å². The van der Waals surface area contributed by atoms with Crippen molar-refractivity contribution in [1.82, 2.24) is 10.3 Å². The van der Waals surface area contributed by atoms with Crippen molar-refractivity contribution in [2.75, 3.05) is 14.2 Å². The van der Waals surface area contributed by atoms with Gasteiger partial charge in [-0.15, -0.1) is 11.3 Å². The summed E-state index contributed by atoms with van der Waals surface area (Å²) in [6.45, 7) is 0.724.